The van der Waals surface area contributed by atoms with Gasteiger partial charge in [0.25, 0.3) is 0 Å². The summed E-state index contributed by atoms with van der Waals surface area (Å²) in [4.78, 5) is 2.61. The lowest BCUT2D eigenvalue weighted by Crippen LogP contribution is -2.46. The molecule has 20 heavy (non-hydrogen) atoms. The number of nitrogens with two attached hydrogens (primary N) is 1. The number of piperidine rings is 1. The number of hydrogen-bond donors (Lipinski definition) is 1. The summed E-state index contributed by atoms with van der Waals surface area (Å²) in [6.07, 6.45) is 2.65. The van der Waals surface area contributed by atoms with Crippen molar-refractivity contribution in [3.63, 3.8) is 0 Å². The van der Waals surface area contributed by atoms with Crippen molar-refractivity contribution in [2.75, 3.05) is 13.1 Å². The van der Waals surface area contributed by atoms with Crippen LogP contribution >= 0.6 is 0 Å². The molecule has 3 atom stereocenters. The summed E-state index contributed by atoms with van der Waals surface area (Å²) >= 11 is 0. The summed E-state index contributed by atoms with van der Waals surface area (Å²) in [5.74, 6) is 1.36. The molecule has 2 N–H and O–H groups in total. The van der Waals surface area contributed by atoms with Crippen molar-refractivity contribution in [1.82, 2.24) is 4.90 Å². The molecule has 0 radical (unpaired) electrons. The van der Waals surface area contributed by atoms with Gasteiger partial charge in [-0.1, -0.05) is 45.0 Å². The van der Waals surface area contributed by atoms with Crippen LogP contribution in [0.25, 0.3) is 0 Å². The molecule has 2 heteroatoms. The van der Waals surface area contributed by atoms with Crippen LogP contribution in [-0.4, -0.2) is 24.0 Å². The smallest absolute Gasteiger partial charge is 0.0473 e. The Hall–Kier alpha value is -0.860. The van der Waals surface area contributed by atoms with Gasteiger partial charge in [0.05, 0.1) is 0 Å². The van der Waals surface area contributed by atoms with E-state index in [1.54, 1.807) is 0 Å². The van der Waals surface area contributed by atoms with Gasteiger partial charge < -0.3 is 5.73 Å². The molecule has 2 nitrogen and oxygen atoms in total. The van der Waals surface area contributed by atoms with Gasteiger partial charge in [0.15, 0.2) is 0 Å². The number of nitrogens with zero attached hydrogens (tertiary/aromatic N) is 1. The van der Waals surface area contributed by atoms with Gasteiger partial charge in [0.1, 0.15) is 0 Å². The normalized spacial score (nSPS) is 25.9. The Morgan fingerprint density at radius 2 is 1.75 bits per heavy atom. The van der Waals surface area contributed by atoms with Gasteiger partial charge in [-0.2, -0.15) is 0 Å². The van der Waals surface area contributed by atoms with E-state index < -0.39 is 0 Å². The molecule has 0 aliphatic carbocycles. The SMILES string of the molecule is CC(C)c1ccc(C(CN)N2CCCC(C)C2C)cc1. The Balaban J connectivity index is 2.18. The topological polar surface area (TPSA) is 29.3 Å². The lowest BCUT2D eigenvalue weighted by atomic mass is 9.89. The fourth-order valence-corrected chi connectivity index (χ4v) is 3.37. The molecular formula is C18H30N2. The van der Waals surface area contributed by atoms with Crippen LogP contribution in [-0.2, 0) is 0 Å². The average molecular weight is 274 g/mol. The predicted octanol–water partition coefficient (Wildman–Crippen LogP) is 3.93. The van der Waals surface area contributed by atoms with E-state index in [0.29, 0.717) is 24.5 Å². The van der Waals surface area contributed by atoms with Gasteiger partial charge in [-0.3, -0.25) is 4.90 Å². The number of likely N-dealkylation sites (tertiary alicyclic amines) is 1. The second-order valence-electron chi connectivity index (χ2n) is 6.67. The third kappa shape index (κ3) is 3.24. The molecule has 112 valence electrons. The molecule has 0 amide bonds. The molecule has 3 unspecified atom stereocenters. The summed E-state index contributed by atoms with van der Waals surface area (Å²) in [5, 5.41) is 0. The standard InChI is InChI=1S/C18H30N2/c1-13(2)16-7-9-17(10-8-16)18(12-19)20-11-5-6-14(3)15(20)4/h7-10,13-15,18H,5-6,11-12,19H2,1-4H3. The highest BCUT2D eigenvalue weighted by Gasteiger charge is 2.30. The largest absolute Gasteiger partial charge is 0.329 e. The first kappa shape index (κ1) is 15.5. The van der Waals surface area contributed by atoms with Crippen LogP contribution in [0.1, 0.15) is 63.6 Å². The van der Waals surface area contributed by atoms with Gasteiger partial charge in [-0.15, -0.1) is 0 Å². The van der Waals surface area contributed by atoms with Gasteiger partial charge in [-0.25, -0.2) is 0 Å². The molecule has 1 aromatic carbocycles. The molecule has 1 aliphatic heterocycles. The Morgan fingerprint density at radius 3 is 2.30 bits per heavy atom. The van der Waals surface area contributed by atoms with Gasteiger partial charge in [0, 0.05) is 18.6 Å². The van der Waals surface area contributed by atoms with Crippen LogP contribution in [0.4, 0.5) is 0 Å². The van der Waals surface area contributed by atoms with Crippen molar-refractivity contribution in [3.05, 3.63) is 35.4 Å². The van der Waals surface area contributed by atoms with Gasteiger partial charge in [-0.05, 0) is 49.3 Å². The lowest BCUT2D eigenvalue weighted by molar-refractivity contribution is 0.0709. The van der Waals surface area contributed by atoms with Crippen LogP contribution in [0.5, 0.6) is 0 Å². The van der Waals surface area contributed by atoms with Crippen molar-refractivity contribution in [2.45, 2.75) is 58.5 Å². The van der Waals surface area contributed by atoms with Crippen molar-refractivity contribution < 1.29 is 0 Å². The highest BCUT2D eigenvalue weighted by molar-refractivity contribution is 5.27. The summed E-state index contributed by atoms with van der Waals surface area (Å²) in [6.45, 7) is 11.1. The minimum Gasteiger partial charge on any atom is -0.329 e. The van der Waals surface area contributed by atoms with Crippen LogP contribution < -0.4 is 5.73 Å². The predicted molar refractivity (Wildman–Crippen MR) is 86.9 cm³/mol. The fraction of sp³-hybridized carbons (Fsp3) is 0.667. The van der Waals surface area contributed by atoms with E-state index in [1.165, 1.54) is 30.5 Å². The number of rotatable bonds is 4. The van der Waals surface area contributed by atoms with Crippen molar-refractivity contribution in [3.8, 4) is 0 Å². The van der Waals surface area contributed by atoms with E-state index in [9.17, 15) is 0 Å². The van der Waals surface area contributed by atoms with Crippen LogP contribution in [0.15, 0.2) is 24.3 Å². The monoisotopic (exact) mass is 274 g/mol. The molecule has 1 heterocycles. The third-order valence-corrected chi connectivity index (χ3v) is 5.03. The molecule has 1 fully saturated rings. The minimum absolute atomic E-state index is 0.369. The van der Waals surface area contributed by atoms with E-state index >= 15 is 0 Å². The third-order valence-electron chi connectivity index (χ3n) is 5.03. The summed E-state index contributed by atoms with van der Waals surface area (Å²) in [6, 6.07) is 10.1. The summed E-state index contributed by atoms with van der Waals surface area (Å²) in [5.41, 5.74) is 8.88. The maximum absolute atomic E-state index is 6.10. The molecule has 1 saturated heterocycles. The molecule has 0 spiro atoms. The van der Waals surface area contributed by atoms with E-state index in [-0.39, 0.29) is 0 Å². The van der Waals surface area contributed by atoms with E-state index in [4.69, 9.17) is 5.73 Å². The van der Waals surface area contributed by atoms with Crippen molar-refractivity contribution in [2.24, 2.45) is 11.7 Å². The Labute approximate surface area is 124 Å². The molecule has 0 aromatic heterocycles. The first-order valence-corrected chi connectivity index (χ1v) is 8.10. The zero-order valence-corrected chi connectivity index (χ0v) is 13.5. The van der Waals surface area contributed by atoms with Crippen LogP contribution in [0, 0.1) is 5.92 Å². The first-order valence-electron chi connectivity index (χ1n) is 8.10. The van der Waals surface area contributed by atoms with Crippen molar-refractivity contribution in [1.29, 1.82) is 0 Å². The zero-order chi connectivity index (χ0) is 14.7. The highest BCUT2D eigenvalue weighted by atomic mass is 15.2. The lowest BCUT2D eigenvalue weighted by Gasteiger charge is -2.42. The zero-order valence-electron chi connectivity index (χ0n) is 13.5. The second-order valence-corrected chi connectivity index (χ2v) is 6.67. The number of benzene rings is 1. The van der Waals surface area contributed by atoms with Crippen molar-refractivity contribution >= 4 is 0 Å². The molecule has 0 bridgehead atoms. The Kier molecular flexibility index (Phi) is 5.22. The van der Waals surface area contributed by atoms with E-state index in [1.807, 2.05) is 0 Å². The van der Waals surface area contributed by atoms with Crippen LogP contribution in [0.2, 0.25) is 0 Å². The molecule has 2 rings (SSSR count). The van der Waals surface area contributed by atoms with E-state index in [2.05, 4.69) is 56.9 Å². The Morgan fingerprint density at radius 1 is 1.15 bits per heavy atom. The quantitative estimate of drug-likeness (QED) is 0.901. The molecular weight excluding hydrogens is 244 g/mol. The summed E-state index contributed by atoms with van der Waals surface area (Å²) < 4.78 is 0. The maximum atomic E-state index is 6.10. The summed E-state index contributed by atoms with van der Waals surface area (Å²) in [7, 11) is 0. The van der Waals surface area contributed by atoms with E-state index in [0.717, 1.165) is 5.92 Å². The minimum atomic E-state index is 0.369. The van der Waals surface area contributed by atoms with Crippen LogP contribution in [0.3, 0.4) is 0 Å². The fourth-order valence-electron chi connectivity index (χ4n) is 3.37. The second kappa shape index (κ2) is 6.73. The molecule has 1 aliphatic rings. The average Bonchev–Trinajstić information content (AvgIpc) is 2.45. The van der Waals surface area contributed by atoms with Gasteiger partial charge >= 0.3 is 0 Å². The Bertz CT molecular complexity index is 410. The van der Waals surface area contributed by atoms with Gasteiger partial charge in [0.2, 0.25) is 0 Å². The number of hydrogen-bond acceptors (Lipinski definition) is 2. The molecule has 1 aromatic rings. The molecule has 0 saturated carbocycles. The highest BCUT2D eigenvalue weighted by Crippen LogP contribution is 2.31. The first-order chi connectivity index (χ1) is 9.54. The maximum Gasteiger partial charge on any atom is 0.0473 e.